The van der Waals surface area contributed by atoms with E-state index >= 15 is 0 Å². The number of nitrogens with one attached hydrogen (secondary N) is 1. The van der Waals surface area contributed by atoms with Crippen LogP contribution in [0.25, 0.3) is 0 Å². The number of carbonyl (C=O) groups is 1. The smallest absolute Gasteiger partial charge is 0.237 e. The summed E-state index contributed by atoms with van der Waals surface area (Å²) in [7, 11) is 0. The summed E-state index contributed by atoms with van der Waals surface area (Å²) in [5.41, 5.74) is 9.12. The van der Waals surface area contributed by atoms with Gasteiger partial charge < -0.3 is 15.6 Å². The van der Waals surface area contributed by atoms with Crippen LogP contribution in [0.1, 0.15) is 16.8 Å². The summed E-state index contributed by atoms with van der Waals surface area (Å²) in [4.78, 5) is 20.6. The molecule has 3 rings (SSSR count). The van der Waals surface area contributed by atoms with Crippen molar-refractivity contribution in [3.05, 3.63) is 84.2 Å². The van der Waals surface area contributed by atoms with Crippen LogP contribution in [-0.2, 0) is 24.2 Å². The molecule has 2 aromatic heterocycles. The molecule has 1 aromatic carbocycles. The third kappa shape index (κ3) is 8.83. The monoisotopic (exact) mass is 457 g/mol. The molecular weight excluding hydrogens is 433 g/mol. The molecule has 1 atom stereocenters. The van der Waals surface area contributed by atoms with Crippen molar-refractivity contribution in [3.63, 3.8) is 0 Å². The molecule has 0 bridgehead atoms. The standard InChI is InChI=1S/C20H23N5O.3ClH/c21-19(20(26)23-10-8-16-7-4-9-22-12-16)11-18-14-25(15-24-18)13-17-5-2-1-3-6-17;;;/h1-7,9,12,14-15,19H,8,10-11,13,21H2,(H,23,26);3*1H/t19-;;;/m0.../s1. The third-order valence-electron chi connectivity index (χ3n) is 4.10. The number of hydrogen-bond donors (Lipinski definition) is 2. The average Bonchev–Trinajstić information content (AvgIpc) is 3.10. The quantitative estimate of drug-likeness (QED) is 0.543. The van der Waals surface area contributed by atoms with Crippen molar-refractivity contribution >= 4 is 43.1 Å². The van der Waals surface area contributed by atoms with Gasteiger partial charge in [-0.2, -0.15) is 0 Å². The van der Waals surface area contributed by atoms with Gasteiger partial charge in [0.2, 0.25) is 5.91 Å². The van der Waals surface area contributed by atoms with Crippen molar-refractivity contribution in [3.8, 4) is 0 Å². The minimum atomic E-state index is -0.607. The molecule has 0 fully saturated rings. The first-order valence-corrected chi connectivity index (χ1v) is 8.67. The van der Waals surface area contributed by atoms with Gasteiger partial charge in [-0.15, -0.1) is 37.2 Å². The number of rotatable bonds is 8. The largest absolute Gasteiger partial charge is 0.354 e. The van der Waals surface area contributed by atoms with Crippen LogP contribution < -0.4 is 11.1 Å². The predicted octanol–water partition coefficient (Wildman–Crippen LogP) is 2.82. The SMILES string of the molecule is Cl.Cl.Cl.N[C@@H](Cc1cn(Cc2ccccc2)cn1)C(=O)NCCc1cccnc1. The molecule has 0 aliphatic carbocycles. The van der Waals surface area contributed by atoms with Gasteiger partial charge in [0.1, 0.15) is 0 Å². The van der Waals surface area contributed by atoms with Gasteiger partial charge >= 0.3 is 0 Å². The number of halogens is 3. The average molecular weight is 459 g/mol. The first-order chi connectivity index (χ1) is 12.7. The van der Waals surface area contributed by atoms with E-state index in [1.807, 2.05) is 41.1 Å². The summed E-state index contributed by atoms with van der Waals surface area (Å²) in [5, 5.41) is 2.87. The molecule has 2 heterocycles. The molecule has 9 heteroatoms. The second kappa shape index (κ2) is 14.0. The Morgan fingerprint density at radius 2 is 1.79 bits per heavy atom. The van der Waals surface area contributed by atoms with Crippen molar-refractivity contribution in [2.75, 3.05) is 6.54 Å². The number of carbonyl (C=O) groups excluding carboxylic acids is 1. The summed E-state index contributed by atoms with van der Waals surface area (Å²) in [6.07, 6.45) is 8.39. The van der Waals surface area contributed by atoms with E-state index in [2.05, 4.69) is 27.4 Å². The van der Waals surface area contributed by atoms with E-state index in [9.17, 15) is 4.79 Å². The molecule has 29 heavy (non-hydrogen) atoms. The molecule has 0 radical (unpaired) electrons. The van der Waals surface area contributed by atoms with E-state index in [1.165, 1.54) is 5.56 Å². The molecule has 3 N–H and O–H groups in total. The normalized spacial score (nSPS) is 10.7. The van der Waals surface area contributed by atoms with E-state index in [-0.39, 0.29) is 43.1 Å². The number of benzene rings is 1. The number of aromatic nitrogens is 3. The van der Waals surface area contributed by atoms with E-state index in [4.69, 9.17) is 5.73 Å². The number of imidazole rings is 1. The molecule has 0 aliphatic rings. The van der Waals surface area contributed by atoms with Crippen LogP contribution in [0.5, 0.6) is 0 Å². The van der Waals surface area contributed by atoms with Gasteiger partial charge in [-0.05, 0) is 23.6 Å². The maximum Gasteiger partial charge on any atom is 0.237 e. The summed E-state index contributed by atoms with van der Waals surface area (Å²) in [6, 6.07) is 13.4. The molecule has 0 unspecified atom stereocenters. The lowest BCUT2D eigenvalue weighted by atomic mass is 10.1. The Bertz CT molecular complexity index is 830. The highest BCUT2D eigenvalue weighted by Crippen LogP contribution is 2.05. The fraction of sp³-hybridized carbons (Fsp3) is 0.250. The molecule has 0 spiro atoms. The summed E-state index contributed by atoms with van der Waals surface area (Å²) in [5.74, 6) is -0.161. The number of amides is 1. The van der Waals surface area contributed by atoms with Crippen molar-refractivity contribution < 1.29 is 4.79 Å². The van der Waals surface area contributed by atoms with Crippen LogP contribution in [0.4, 0.5) is 0 Å². The van der Waals surface area contributed by atoms with Crippen LogP contribution in [-0.4, -0.2) is 33.0 Å². The van der Waals surface area contributed by atoms with E-state index in [0.29, 0.717) is 13.0 Å². The Morgan fingerprint density at radius 1 is 1.07 bits per heavy atom. The molecule has 0 saturated carbocycles. The predicted molar refractivity (Wildman–Crippen MR) is 122 cm³/mol. The number of pyridine rings is 1. The van der Waals surface area contributed by atoms with Crippen molar-refractivity contribution in [2.45, 2.75) is 25.4 Å². The van der Waals surface area contributed by atoms with Crippen LogP contribution in [0.2, 0.25) is 0 Å². The van der Waals surface area contributed by atoms with Crippen LogP contribution >= 0.6 is 37.2 Å². The molecule has 158 valence electrons. The van der Waals surface area contributed by atoms with Gasteiger partial charge in [-0.3, -0.25) is 9.78 Å². The first-order valence-electron chi connectivity index (χ1n) is 8.67. The Labute approximate surface area is 189 Å². The Balaban J connectivity index is 0.00000261. The maximum absolute atomic E-state index is 12.1. The summed E-state index contributed by atoms with van der Waals surface area (Å²) >= 11 is 0. The topological polar surface area (TPSA) is 85.8 Å². The number of hydrogen-bond acceptors (Lipinski definition) is 4. The molecule has 0 saturated heterocycles. The van der Waals surface area contributed by atoms with E-state index < -0.39 is 6.04 Å². The zero-order valence-corrected chi connectivity index (χ0v) is 18.3. The Morgan fingerprint density at radius 3 is 2.48 bits per heavy atom. The number of nitrogens with zero attached hydrogens (tertiary/aromatic N) is 3. The van der Waals surface area contributed by atoms with Gasteiger partial charge in [0.15, 0.2) is 0 Å². The molecule has 1 amide bonds. The summed E-state index contributed by atoms with van der Waals surface area (Å²) in [6.45, 7) is 1.29. The lowest BCUT2D eigenvalue weighted by molar-refractivity contribution is -0.122. The minimum absolute atomic E-state index is 0. The Hall–Kier alpha value is -2.12. The second-order valence-corrected chi connectivity index (χ2v) is 6.24. The maximum atomic E-state index is 12.1. The zero-order chi connectivity index (χ0) is 18.2. The van der Waals surface area contributed by atoms with Crippen LogP contribution in [0.15, 0.2) is 67.4 Å². The van der Waals surface area contributed by atoms with Gasteiger partial charge in [0.05, 0.1) is 18.1 Å². The molecule has 0 aliphatic heterocycles. The fourth-order valence-corrected chi connectivity index (χ4v) is 2.72. The fourth-order valence-electron chi connectivity index (χ4n) is 2.72. The number of nitrogens with two attached hydrogens (primary N) is 1. The van der Waals surface area contributed by atoms with E-state index in [0.717, 1.165) is 24.2 Å². The van der Waals surface area contributed by atoms with Gasteiger partial charge in [-0.25, -0.2) is 4.98 Å². The van der Waals surface area contributed by atoms with Gasteiger partial charge in [-0.1, -0.05) is 36.4 Å². The molecule has 6 nitrogen and oxygen atoms in total. The second-order valence-electron chi connectivity index (χ2n) is 6.24. The van der Waals surface area contributed by atoms with Crippen LogP contribution in [0.3, 0.4) is 0 Å². The highest BCUT2D eigenvalue weighted by Gasteiger charge is 2.15. The van der Waals surface area contributed by atoms with E-state index in [1.54, 1.807) is 18.7 Å². The summed E-state index contributed by atoms with van der Waals surface area (Å²) < 4.78 is 2.00. The lowest BCUT2D eigenvalue weighted by Crippen LogP contribution is -2.42. The highest BCUT2D eigenvalue weighted by molar-refractivity contribution is 5.86. The lowest BCUT2D eigenvalue weighted by Gasteiger charge is -2.11. The van der Waals surface area contributed by atoms with Crippen molar-refractivity contribution in [1.29, 1.82) is 0 Å². The van der Waals surface area contributed by atoms with Crippen molar-refractivity contribution in [1.82, 2.24) is 19.9 Å². The third-order valence-corrected chi connectivity index (χ3v) is 4.10. The molecular formula is C20H26Cl3N5O. The van der Waals surface area contributed by atoms with Crippen molar-refractivity contribution in [2.24, 2.45) is 5.73 Å². The minimum Gasteiger partial charge on any atom is -0.354 e. The highest BCUT2D eigenvalue weighted by atomic mass is 35.5. The van der Waals surface area contributed by atoms with Crippen LogP contribution in [0, 0.1) is 0 Å². The Kier molecular flexibility index (Phi) is 12.9. The first kappa shape index (κ1) is 26.9. The van der Waals surface area contributed by atoms with Gasteiger partial charge in [0, 0.05) is 38.1 Å². The molecule has 3 aromatic rings. The van der Waals surface area contributed by atoms with Gasteiger partial charge in [0.25, 0.3) is 0 Å². The zero-order valence-electron chi connectivity index (χ0n) is 15.8.